The van der Waals surface area contributed by atoms with E-state index in [1.165, 1.54) is 11.3 Å². The smallest absolute Gasteiger partial charge is 0.410 e. The molecular formula is C20H23ClN4O3S. The monoisotopic (exact) mass is 434 g/mol. The zero-order chi connectivity index (χ0) is 20.8. The molecule has 0 saturated carbocycles. The van der Waals surface area contributed by atoms with E-state index in [2.05, 4.69) is 14.9 Å². The predicted octanol–water partition coefficient (Wildman–Crippen LogP) is 5.05. The van der Waals surface area contributed by atoms with Gasteiger partial charge in [-0.15, -0.1) is 11.3 Å². The number of halogens is 1. The summed E-state index contributed by atoms with van der Waals surface area (Å²) in [6, 6.07) is 4.19. The van der Waals surface area contributed by atoms with Crippen molar-refractivity contribution in [1.29, 1.82) is 0 Å². The maximum atomic E-state index is 12.4. The highest BCUT2D eigenvalue weighted by Gasteiger charge is 2.32. The Morgan fingerprint density at radius 3 is 2.79 bits per heavy atom. The Morgan fingerprint density at radius 1 is 1.34 bits per heavy atom. The van der Waals surface area contributed by atoms with Gasteiger partial charge in [0, 0.05) is 41.6 Å². The lowest BCUT2D eigenvalue weighted by atomic mass is 10.1. The van der Waals surface area contributed by atoms with Gasteiger partial charge in [0.25, 0.3) is 6.01 Å². The number of nitrogens with zero attached hydrogens (tertiary/aromatic N) is 4. The highest BCUT2D eigenvalue weighted by atomic mass is 35.5. The van der Waals surface area contributed by atoms with Gasteiger partial charge in [-0.3, -0.25) is 0 Å². The molecule has 29 heavy (non-hydrogen) atoms. The molecule has 0 bridgehead atoms. The lowest BCUT2D eigenvalue weighted by molar-refractivity contribution is 0.0216. The number of rotatable bonds is 2. The fourth-order valence-corrected chi connectivity index (χ4v) is 4.14. The fraction of sp³-hybridized carbons (Fsp3) is 0.450. The van der Waals surface area contributed by atoms with Crippen LogP contribution in [-0.4, -0.2) is 52.2 Å². The van der Waals surface area contributed by atoms with E-state index >= 15 is 0 Å². The molecule has 1 atom stereocenters. The SMILES string of the molecule is CC1CN(C(=O)OC(C)(C)C)CCN1c1nc2cc(Cl)cc(-c3cscn3)c2o1. The van der Waals surface area contributed by atoms with Crippen LogP contribution in [0.15, 0.2) is 27.4 Å². The Balaban J connectivity index is 1.58. The van der Waals surface area contributed by atoms with Crippen LogP contribution >= 0.6 is 22.9 Å². The number of aromatic nitrogens is 2. The highest BCUT2D eigenvalue weighted by Crippen LogP contribution is 2.35. The molecule has 1 amide bonds. The third-order valence-electron chi connectivity index (χ3n) is 4.68. The standard InChI is InChI=1S/C20H23ClN4O3S/c1-12-9-24(19(26)28-20(2,3)4)5-6-25(12)18-23-15-8-13(21)7-14(17(15)27-18)16-10-29-11-22-16/h7-8,10-12H,5-6,9H2,1-4H3. The lowest BCUT2D eigenvalue weighted by Gasteiger charge is -2.39. The molecule has 1 unspecified atom stereocenters. The van der Waals surface area contributed by atoms with Gasteiger partial charge in [0.2, 0.25) is 0 Å². The first-order valence-electron chi connectivity index (χ1n) is 9.44. The van der Waals surface area contributed by atoms with Crippen LogP contribution < -0.4 is 4.90 Å². The number of thiazole rings is 1. The Bertz CT molecular complexity index is 1030. The van der Waals surface area contributed by atoms with E-state index in [1.54, 1.807) is 16.5 Å². The van der Waals surface area contributed by atoms with Crippen LogP contribution in [0.3, 0.4) is 0 Å². The molecule has 1 saturated heterocycles. The van der Waals surface area contributed by atoms with Crippen LogP contribution in [0, 0.1) is 0 Å². The third-order valence-corrected chi connectivity index (χ3v) is 5.48. The van der Waals surface area contributed by atoms with E-state index in [1.807, 2.05) is 39.1 Å². The van der Waals surface area contributed by atoms with Crippen LogP contribution in [-0.2, 0) is 4.74 Å². The van der Waals surface area contributed by atoms with Gasteiger partial charge in [0.15, 0.2) is 5.58 Å². The Hall–Kier alpha value is -2.32. The number of oxazole rings is 1. The summed E-state index contributed by atoms with van der Waals surface area (Å²) in [6.45, 7) is 9.33. The molecule has 0 spiro atoms. The van der Waals surface area contributed by atoms with E-state index < -0.39 is 5.60 Å². The number of fused-ring (bicyclic) bond motifs is 1. The van der Waals surface area contributed by atoms with E-state index in [-0.39, 0.29) is 12.1 Å². The van der Waals surface area contributed by atoms with E-state index in [0.29, 0.717) is 41.8 Å². The summed E-state index contributed by atoms with van der Waals surface area (Å²) in [6.07, 6.45) is -0.292. The zero-order valence-corrected chi connectivity index (χ0v) is 18.4. The third kappa shape index (κ3) is 4.18. The molecule has 7 nitrogen and oxygen atoms in total. The summed E-state index contributed by atoms with van der Waals surface area (Å²) in [7, 11) is 0. The van der Waals surface area contributed by atoms with Crippen LogP contribution in [0.25, 0.3) is 22.4 Å². The van der Waals surface area contributed by atoms with Gasteiger partial charge in [-0.2, -0.15) is 4.98 Å². The normalized spacial score (nSPS) is 17.8. The van der Waals surface area contributed by atoms with Crippen molar-refractivity contribution in [2.75, 3.05) is 24.5 Å². The van der Waals surface area contributed by atoms with Gasteiger partial charge < -0.3 is 19.0 Å². The second-order valence-corrected chi connectivity index (χ2v) is 9.30. The average Bonchev–Trinajstić information content (AvgIpc) is 3.29. The van der Waals surface area contributed by atoms with Crippen molar-refractivity contribution in [2.24, 2.45) is 0 Å². The van der Waals surface area contributed by atoms with Crippen molar-refractivity contribution in [3.63, 3.8) is 0 Å². The quantitative estimate of drug-likeness (QED) is 0.562. The van der Waals surface area contributed by atoms with Crippen molar-refractivity contribution < 1.29 is 13.9 Å². The molecule has 1 fully saturated rings. The Morgan fingerprint density at radius 2 is 2.14 bits per heavy atom. The second kappa shape index (κ2) is 7.50. The molecule has 3 heterocycles. The number of carbonyl (C=O) groups excluding carboxylic acids is 1. The van der Waals surface area contributed by atoms with Gasteiger partial charge in [0.05, 0.1) is 11.2 Å². The minimum absolute atomic E-state index is 0.0301. The molecule has 9 heteroatoms. The minimum Gasteiger partial charge on any atom is -0.444 e. The topological polar surface area (TPSA) is 71.7 Å². The number of hydrogen-bond donors (Lipinski definition) is 0. The van der Waals surface area contributed by atoms with Crippen molar-refractivity contribution >= 4 is 46.1 Å². The summed E-state index contributed by atoms with van der Waals surface area (Å²) in [5.41, 5.74) is 4.26. The zero-order valence-electron chi connectivity index (χ0n) is 16.8. The number of piperazine rings is 1. The Labute approximate surface area is 178 Å². The van der Waals surface area contributed by atoms with Crippen molar-refractivity contribution in [2.45, 2.75) is 39.3 Å². The number of benzene rings is 1. The lowest BCUT2D eigenvalue weighted by Crippen LogP contribution is -2.54. The van der Waals surface area contributed by atoms with Crippen LogP contribution in [0.1, 0.15) is 27.7 Å². The molecule has 1 aliphatic rings. The molecule has 0 radical (unpaired) electrons. The maximum absolute atomic E-state index is 12.4. The number of ether oxygens (including phenoxy) is 1. The van der Waals surface area contributed by atoms with E-state index in [4.69, 9.17) is 20.8 Å². The first kappa shape index (κ1) is 20.0. The molecule has 0 aliphatic carbocycles. The van der Waals surface area contributed by atoms with Crippen molar-refractivity contribution in [3.8, 4) is 11.3 Å². The molecule has 1 aliphatic heterocycles. The second-order valence-electron chi connectivity index (χ2n) is 8.14. The number of hydrogen-bond acceptors (Lipinski definition) is 7. The molecular weight excluding hydrogens is 412 g/mol. The van der Waals surface area contributed by atoms with Crippen molar-refractivity contribution in [3.05, 3.63) is 28.0 Å². The summed E-state index contributed by atoms with van der Waals surface area (Å²) in [5, 5.41) is 2.54. The van der Waals surface area contributed by atoms with Gasteiger partial charge >= 0.3 is 6.09 Å². The first-order valence-corrected chi connectivity index (χ1v) is 10.8. The minimum atomic E-state index is -0.511. The largest absolute Gasteiger partial charge is 0.444 e. The summed E-state index contributed by atoms with van der Waals surface area (Å²) < 4.78 is 11.6. The molecule has 1 aromatic carbocycles. The van der Waals surface area contributed by atoms with Gasteiger partial charge in [-0.25, -0.2) is 9.78 Å². The summed E-state index contributed by atoms with van der Waals surface area (Å²) in [5.74, 6) is 0. The van der Waals surface area contributed by atoms with E-state index in [0.717, 1.165) is 11.3 Å². The van der Waals surface area contributed by atoms with Gasteiger partial charge in [0.1, 0.15) is 11.1 Å². The number of carbonyl (C=O) groups is 1. The van der Waals surface area contributed by atoms with Crippen LogP contribution in [0.5, 0.6) is 0 Å². The van der Waals surface area contributed by atoms with Gasteiger partial charge in [-0.05, 0) is 39.8 Å². The summed E-state index contributed by atoms with van der Waals surface area (Å²) in [4.78, 5) is 25.2. The van der Waals surface area contributed by atoms with Gasteiger partial charge in [-0.1, -0.05) is 11.6 Å². The molecule has 154 valence electrons. The highest BCUT2D eigenvalue weighted by molar-refractivity contribution is 7.07. The summed E-state index contributed by atoms with van der Waals surface area (Å²) >= 11 is 7.81. The number of anilines is 1. The Kier molecular flexibility index (Phi) is 5.16. The number of amides is 1. The van der Waals surface area contributed by atoms with Crippen LogP contribution in [0.2, 0.25) is 5.02 Å². The molecule has 0 N–H and O–H groups in total. The average molecular weight is 435 g/mol. The first-order chi connectivity index (χ1) is 13.7. The van der Waals surface area contributed by atoms with Crippen LogP contribution in [0.4, 0.5) is 10.8 Å². The molecule has 3 aromatic rings. The molecule has 4 rings (SSSR count). The fourth-order valence-electron chi connectivity index (χ4n) is 3.38. The maximum Gasteiger partial charge on any atom is 0.410 e. The molecule has 2 aromatic heterocycles. The van der Waals surface area contributed by atoms with E-state index in [9.17, 15) is 4.79 Å². The van der Waals surface area contributed by atoms with Crippen molar-refractivity contribution in [1.82, 2.24) is 14.9 Å². The predicted molar refractivity (Wildman–Crippen MR) is 115 cm³/mol.